The first-order valence-electron chi connectivity index (χ1n) is 5.93. The van der Waals surface area contributed by atoms with Crippen molar-refractivity contribution in [2.45, 2.75) is 19.4 Å². The summed E-state index contributed by atoms with van der Waals surface area (Å²) in [5.74, 6) is -0.334. The van der Waals surface area contributed by atoms with Gasteiger partial charge in [0.2, 0.25) is 0 Å². The Hall–Kier alpha value is -1.13. The number of benzene rings is 1. The van der Waals surface area contributed by atoms with Gasteiger partial charge in [-0.25, -0.2) is 4.39 Å². The fraction of sp³-hybridized carbons (Fsp3) is 0.214. The molecule has 2 aromatic rings. The molecular weight excluding hydrogens is 331 g/mol. The topological polar surface area (TPSA) is 24.9 Å². The smallest absolute Gasteiger partial charge is 0.141 e. The highest BCUT2D eigenvalue weighted by atomic mass is 79.9. The third-order valence-electron chi connectivity index (χ3n) is 2.77. The van der Waals surface area contributed by atoms with Crippen LogP contribution in [-0.4, -0.2) is 4.98 Å². The van der Waals surface area contributed by atoms with Crippen LogP contribution in [0, 0.1) is 5.82 Å². The van der Waals surface area contributed by atoms with Crippen LogP contribution >= 0.6 is 27.5 Å². The Morgan fingerprint density at radius 2 is 2.16 bits per heavy atom. The van der Waals surface area contributed by atoms with Gasteiger partial charge in [0.1, 0.15) is 5.82 Å². The lowest BCUT2D eigenvalue weighted by atomic mass is 10.1. The van der Waals surface area contributed by atoms with E-state index in [1.165, 1.54) is 12.3 Å². The molecule has 0 aliphatic rings. The first-order valence-corrected chi connectivity index (χ1v) is 7.10. The van der Waals surface area contributed by atoms with Crippen LogP contribution in [-0.2, 0) is 0 Å². The van der Waals surface area contributed by atoms with E-state index in [0.717, 1.165) is 22.3 Å². The van der Waals surface area contributed by atoms with Gasteiger partial charge < -0.3 is 5.32 Å². The normalized spacial score (nSPS) is 12.2. The first-order chi connectivity index (χ1) is 9.10. The van der Waals surface area contributed by atoms with Gasteiger partial charge >= 0.3 is 0 Å². The molecule has 2 nitrogen and oxygen atoms in total. The maximum atomic E-state index is 12.9. The number of hydrogen-bond acceptors (Lipinski definition) is 2. The summed E-state index contributed by atoms with van der Waals surface area (Å²) in [4.78, 5) is 4.11. The third kappa shape index (κ3) is 3.67. The number of pyridine rings is 1. The highest BCUT2D eigenvalue weighted by Gasteiger charge is 2.12. The van der Waals surface area contributed by atoms with E-state index in [2.05, 4.69) is 26.2 Å². The maximum absolute atomic E-state index is 12.9. The molecule has 0 radical (unpaired) electrons. The molecule has 0 amide bonds. The molecule has 0 aliphatic carbocycles. The quantitative estimate of drug-likeness (QED) is 0.825. The molecule has 1 aromatic heterocycles. The van der Waals surface area contributed by atoms with E-state index < -0.39 is 0 Å². The van der Waals surface area contributed by atoms with Gasteiger partial charge in [0.15, 0.2) is 0 Å². The molecule has 0 saturated carbocycles. The highest BCUT2D eigenvalue weighted by molar-refractivity contribution is 9.10. The van der Waals surface area contributed by atoms with Crippen molar-refractivity contribution < 1.29 is 4.39 Å². The largest absolute Gasteiger partial charge is 0.375 e. The van der Waals surface area contributed by atoms with Gasteiger partial charge in [-0.3, -0.25) is 4.98 Å². The Balaban J connectivity index is 2.23. The van der Waals surface area contributed by atoms with Crippen molar-refractivity contribution in [1.29, 1.82) is 0 Å². The maximum Gasteiger partial charge on any atom is 0.141 e. The van der Waals surface area contributed by atoms with Gasteiger partial charge in [-0.1, -0.05) is 34.5 Å². The van der Waals surface area contributed by atoms with Crippen molar-refractivity contribution >= 4 is 33.2 Å². The van der Waals surface area contributed by atoms with Crippen LogP contribution in [0.2, 0.25) is 5.02 Å². The minimum Gasteiger partial charge on any atom is -0.375 e. The molecule has 0 spiro atoms. The summed E-state index contributed by atoms with van der Waals surface area (Å²) in [6.07, 6.45) is 2.05. The number of halogens is 3. The second-order valence-electron chi connectivity index (χ2n) is 4.13. The van der Waals surface area contributed by atoms with E-state index >= 15 is 0 Å². The van der Waals surface area contributed by atoms with E-state index in [1.54, 1.807) is 6.07 Å². The molecule has 1 N–H and O–H groups in total. The van der Waals surface area contributed by atoms with Crippen LogP contribution in [0.1, 0.15) is 25.1 Å². The molecule has 100 valence electrons. The van der Waals surface area contributed by atoms with Crippen LogP contribution in [0.3, 0.4) is 0 Å². The Kier molecular flexibility index (Phi) is 4.77. The number of aromatic nitrogens is 1. The van der Waals surface area contributed by atoms with E-state index in [1.807, 2.05) is 25.1 Å². The van der Waals surface area contributed by atoms with Gasteiger partial charge in [-0.2, -0.15) is 0 Å². The molecule has 0 bridgehead atoms. The standard InChI is InChI=1S/C14H13BrClFN2/c1-2-12(13-6-4-10(17)8-18-13)19-14-7-9(15)3-5-11(14)16/h3-8,12,19H,2H2,1H3. The van der Waals surface area contributed by atoms with Gasteiger partial charge in [0.05, 0.1) is 28.6 Å². The molecule has 1 unspecified atom stereocenters. The predicted octanol–water partition coefficient (Wildman–Crippen LogP) is 5.20. The summed E-state index contributed by atoms with van der Waals surface area (Å²) in [7, 11) is 0. The van der Waals surface area contributed by atoms with Crippen molar-refractivity contribution in [2.75, 3.05) is 5.32 Å². The zero-order valence-electron chi connectivity index (χ0n) is 10.3. The Morgan fingerprint density at radius 1 is 1.37 bits per heavy atom. The summed E-state index contributed by atoms with van der Waals surface area (Å²) >= 11 is 9.56. The summed E-state index contributed by atoms with van der Waals surface area (Å²) in [5, 5.41) is 3.97. The number of anilines is 1. The predicted molar refractivity (Wildman–Crippen MR) is 80.0 cm³/mol. The first kappa shape index (κ1) is 14.3. The van der Waals surface area contributed by atoms with Crippen LogP contribution < -0.4 is 5.32 Å². The molecule has 5 heteroatoms. The molecule has 2 rings (SSSR count). The second-order valence-corrected chi connectivity index (χ2v) is 5.45. The number of hydrogen-bond donors (Lipinski definition) is 1. The summed E-state index contributed by atoms with van der Waals surface area (Å²) < 4.78 is 13.8. The lowest BCUT2D eigenvalue weighted by molar-refractivity contribution is 0.614. The zero-order chi connectivity index (χ0) is 13.8. The lowest BCUT2D eigenvalue weighted by Crippen LogP contribution is -2.11. The minimum absolute atomic E-state index is 0.00704. The van der Waals surface area contributed by atoms with E-state index in [9.17, 15) is 4.39 Å². The van der Waals surface area contributed by atoms with E-state index in [-0.39, 0.29) is 11.9 Å². The van der Waals surface area contributed by atoms with Crippen molar-refractivity contribution in [3.05, 3.63) is 57.5 Å². The molecule has 1 heterocycles. The number of rotatable bonds is 4. The van der Waals surface area contributed by atoms with Crippen molar-refractivity contribution in [3.63, 3.8) is 0 Å². The van der Waals surface area contributed by atoms with Crippen LogP contribution in [0.25, 0.3) is 0 Å². The zero-order valence-corrected chi connectivity index (χ0v) is 12.7. The highest BCUT2D eigenvalue weighted by Crippen LogP contribution is 2.29. The third-order valence-corrected chi connectivity index (χ3v) is 3.60. The minimum atomic E-state index is -0.334. The summed E-state index contributed by atoms with van der Waals surface area (Å²) in [5.41, 5.74) is 1.62. The van der Waals surface area contributed by atoms with E-state index in [4.69, 9.17) is 11.6 Å². The Morgan fingerprint density at radius 3 is 2.79 bits per heavy atom. The number of nitrogens with one attached hydrogen (secondary N) is 1. The second kappa shape index (κ2) is 6.35. The summed E-state index contributed by atoms with van der Waals surface area (Å²) in [6.45, 7) is 2.04. The Labute approximate surface area is 125 Å². The molecule has 1 aromatic carbocycles. The molecule has 0 fully saturated rings. The van der Waals surface area contributed by atoms with Crippen molar-refractivity contribution in [1.82, 2.24) is 4.98 Å². The number of nitrogens with zero attached hydrogens (tertiary/aromatic N) is 1. The molecular formula is C14H13BrClFN2. The lowest BCUT2D eigenvalue weighted by Gasteiger charge is -2.19. The average molecular weight is 344 g/mol. The molecule has 1 atom stereocenters. The van der Waals surface area contributed by atoms with E-state index in [0.29, 0.717) is 5.02 Å². The SMILES string of the molecule is CCC(Nc1cc(Br)ccc1Cl)c1ccc(F)cn1. The van der Waals surface area contributed by atoms with Gasteiger partial charge in [-0.15, -0.1) is 0 Å². The van der Waals surface area contributed by atoms with Gasteiger partial charge in [0, 0.05) is 4.47 Å². The summed E-state index contributed by atoms with van der Waals surface area (Å²) in [6, 6.07) is 8.70. The monoisotopic (exact) mass is 342 g/mol. The van der Waals surface area contributed by atoms with Crippen LogP contribution in [0.4, 0.5) is 10.1 Å². The Bertz CT molecular complexity index is 560. The average Bonchev–Trinajstić information content (AvgIpc) is 2.41. The van der Waals surface area contributed by atoms with Crippen LogP contribution in [0.15, 0.2) is 41.0 Å². The van der Waals surface area contributed by atoms with Crippen molar-refractivity contribution in [2.24, 2.45) is 0 Å². The van der Waals surface area contributed by atoms with Crippen molar-refractivity contribution in [3.8, 4) is 0 Å². The molecule has 19 heavy (non-hydrogen) atoms. The van der Waals surface area contributed by atoms with Gasteiger partial charge in [-0.05, 0) is 36.8 Å². The molecule has 0 saturated heterocycles. The van der Waals surface area contributed by atoms with Gasteiger partial charge in [0.25, 0.3) is 0 Å². The molecule has 0 aliphatic heterocycles. The fourth-order valence-corrected chi connectivity index (χ4v) is 2.31. The fourth-order valence-electron chi connectivity index (χ4n) is 1.77. The van der Waals surface area contributed by atoms with Crippen LogP contribution in [0.5, 0.6) is 0 Å².